The summed E-state index contributed by atoms with van der Waals surface area (Å²) in [5.41, 5.74) is 0.668. The van der Waals surface area contributed by atoms with Crippen molar-refractivity contribution in [1.29, 1.82) is 0 Å². The van der Waals surface area contributed by atoms with Gasteiger partial charge in [0.1, 0.15) is 16.7 Å². The first kappa shape index (κ1) is 16.2. The van der Waals surface area contributed by atoms with Crippen molar-refractivity contribution in [2.45, 2.75) is 17.4 Å². The average molecular weight is 324 g/mol. The van der Waals surface area contributed by atoms with Crippen LogP contribution in [-0.4, -0.2) is 42.7 Å². The van der Waals surface area contributed by atoms with Crippen molar-refractivity contribution in [2.75, 3.05) is 21.3 Å². The minimum absolute atomic E-state index is 0.287. The Balaban J connectivity index is 2.22. The molecule has 1 aromatic carbocycles. The molecule has 118 valence electrons. The number of carbonyl (C=O) groups is 1. The Morgan fingerprint density at radius 1 is 1.14 bits per heavy atom. The third-order valence-corrected chi connectivity index (χ3v) is 3.73. The van der Waals surface area contributed by atoms with Gasteiger partial charge in [-0.2, -0.15) is 0 Å². The molecule has 1 atom stereocenters. The normalized spacial score (nSPS) is 11.8. The summed E-state index contributed by atoms with van der Waals surface area (Å²) < 4.78 is 20.6. The standard InChI is InChI=1S/C14H16N2O5S/c1-8(13(17)20-4)22-14-16-15-12(21-14)9-5-10(18-2)7-11(6-9)19-3/h5-8H,1-4H3/t8-/m1/s1. The van der Waals surface area contributed by atoms with Crippen LogP contribution in [0.1, 0.15) is 6.92 Å². The van der Waals surface area contributed by atoms with Gasteiger partial charge < -0.3 is 18.6 Å². The minimum atomic E-state index is -0.432. The molecule has 22 heavy (non-hydrogen) atoms. The maximum Gasteiger partial charge on any atom is 0.319 e. The zero-order chi connectivity index (χ0) is 16.1. The van der Waals surface area contributed by atoms with E-state index in [1.54, 1.807) is 39.3 Å². The van der Waals surface area contributed by atoms with Gasteiger partial charge in [0.2, 0.25) is 5.89 Å². The molecule has 1 heterocycles. The van der Waals surface area contributed by atoms with Crippen molar-refractivity contribution in [1.82, 2.24) is 10.2 Å². The summed E-state index contributed by atoms with van der Waals surface area (Å²) in [5.74, 6) is 1.19. The number of aromatic nitrogens is 2. The number of carbonyl (C=O) groups excluding carboxylic acids is 1. The Kier molecular flexibility index (Phi) is 5.26. The molecule has 0 aliphatic heterocycles. The third kappa shape index (κ3) is 3.70. The summed E-state index contributed by atoms with van der Waals surface area (Å²) in [4.78, 5) is 11.4. The van der Waals surface area contributed by atoms with Gasteiger partial charge >= 0.3 is 5.97 Å². The Labute approximate surface area is 132 Å². The summed E-state index contributed by atoms with van der Waals surface area (Å²) in [5, 5.41) is 7.75. The molecule has 8 heteroatoms. The van der Waals surface area contributed by atoms with Gasteiger partial charge in [-0.15, -0.1) is 10.2 Å². The van der Waals surface area contributed by atoms with Crippen LogP contribution in [0.2, 0.25) is 0 Å². The van der Waals surface area contributed by atoms with Crippen LogP contribution < -0.4 is 9.47 Å². The maximum absolute atomic E-state index is 11.4. The highest BCUT2D eigenvalue weighted by Crippen LogP contribution is 2.31. The third-order valence-electron chi connectivity index (χ3n) is 2.82. The quantitative estimate of drug-likeness (QED) is 0.591. The van der Waals surface area contributed by atoms with Gasteiger partial charge in [-0.3, -0.25) is 4.79 Å². The second-order valence-electron chi connectivity index (χ2n) is 4.26. The van der Waals surface area contributed by atoms with Crippen molar-refractivity contribution in [3.05, 3.63) is 18.2 Å². The SMILES string of the molecule is COC(=O)[C@@H](C)Sc1nnc(-c2cc(OC)cc(OC)c2)o1. The molecule has 7 nitrogen and oxygen atoms in total. The van der Waals surface area contributed by atoms with Crippen molar-refractivity contribution < 1.29 is 23.4 Å². The number of hydrogen-bond donors (Lipinski definition) is 0. The molecule has 0 unspecified atom stereocenters. The van der Waals surface area contributed by atoms with E-state index in [4.69, 9.17) is 13.9 Å². The average Bonchev–Trinajstić information content (AvgIpc) is 3.01. The molecule has 0 aliphatic rings. The maximum atomic E-state index is 11.4. The molecule has 2 rings (SSSR count). The van der Waals surface area contributed by atoms with Gasteiger partial charge in [0.05, 0.1) is 21.3 Å². The number of esters is 1. The highest BCUT2D eigenvalue weighted by molar-refractivity contribution is 8.00. The lowest BCUT2D eigenvalue weighted by atomic mass is 10.2. The molecule has 0 radical (unpaired) electrons. The number of benzene rings is 1. The lowest BCUT2D eigenvalue weighted by Gasteiger charge is -2.06. The lowest BCUT2D eigenvalue weighted by molar-refractivity contribution is -0.139. The molecular formula is C14H16N2O5S. The predicted octanol–water partition coefficient (Wildman–Crippen LogP) is 2.41. The minimum Gasteiger partial charge on any atom is -0.497 e. The van der Waals surface area contributed by atoms with E-state index >= 15 is 0 Å². The second kappa shape index (κ2) is 7.17. The summed E-state index contributed by atoms with van der Waals surface area (Å²) in [6.45, 7) is 1.70. The first-order valence-electron chi connectivity index (χ1n) is 6.38. The molecule has 0 amide bonds. The highest BCUT2D eigenvalue weighted by atomic mass is 32.2. The molecular weight excluding hydrogens is 308 g/mol. The Hall–Kier alpha value is -2.22. The van der Waals surface area contributed by atoms with E-state index < -0.39 is 5.25 Å². The Morgan fingerprint density at radius 3 is 2.32 bits per heavy atom. The first-order valence-corrected chi connectivity index (χ1v) is 7.26. The fraction of sp³-hybridized carbons (Fsp3) is 0.357. The molecule has 1 aromatic heterocycles. The van der Waals surface area contributed by atoms with Gasteiger partial charge in [-0.25, -0.2) is 0 Å². The largest absolute Gasteiger partial charge is 0.497 e. The predicted molar refractivity (Wildman–Crippen MR) is 80.2 cm³/mol. The van der Waals surface area contributed by atoms with Gasteiger partial charge in [0.15, 0.2) is 0 Å². The van der Waals surface area contributed by atoms with Gasteiger partial charge in [0.25, 0.3) is 5.22 Å². The summed E-state index contributed by atoms with van der Waals surface area (Å²) in [7, 11) is 4.46. The molecule has 2 aromatic rings. The number of ether oxygens (including phenoxy) is 3. The van der Waals surface area contributed by atoms with E-state index in [2.05, 4.69) is 14.9 Å². The summed E-state index contributed by atoms with van der Waals surface area (Å²) in [6, 6.07) is 5.26. The molecule has 0 bridgehead atoms. The fourth-order valence-corrected chi connectivity index (χ4v) is 2.38. The number of rotatable bonds is 6. The fourth-order valence-electron chi connectivity index (χ4n) is 1.67. The molecule has 0 saturated carbocycles. The van der Waals surface area contributed by atoms with Crippen LogP contribution in [-0.2, 0) is 9.53 Å². The van der Waals surface area contributed by atoms with Crippen molar-refractivity contribution in [3.8, 4) is 23.0 Å². The van der Waals surface area contributed by atoms with Gasteiger partial charge in [-0.1, -0.05) is 11.8 Å². The number of thioether (sulfide) groups is 1. The highest BCUT2D eigenvalue weighted by Gasteiger charge is 2.19. The molecule has 0 aliphatic carbocycles. The Morgan fingerprint density at radius 2 is 1.77 bits per heavy atom. The van der Waals surface area contributed by atoms with Crippen molar-refractivity contribution in [2.24, 2.45) is 0 Å². The van der Waals surface area contributed by atoms with Gasteiger partial charge in [0, 0.05) is 11.6 Å². The summed E-state index contributed by atoms with van der Waals surface area (Å²) in [6.07, 6.45) is 0. The van der Waals surface area contributed by atoms with Crippen molar-refractivity contribution >= 4 is 17.7 Å². The van der Waals surface area contributed by atoms with E-state index in [-0.39, 0.29) is 11.2 Å². The van der Waals surface area contributed by atoms with Crippen LogP contribution in [0.3, 0.4) is 0 Å². The number of nitrogens with zero attached hydrogens (tertiary/aromatic N) is 2. The first-order chi connectivity index (χ1) is 10.6. The van der Waals surface area contributed by atoms with Crippen molar-refractivity contribution in [3.63, 3.8) is 0 Å². The molecule has 0 saturated heterocycles. The zero-order valence-corrected chi connectivity index (χ0v) is 13.5. The van der Waals surface area contributed by atoms with Crippen LogP contribution in [0.25, 0.3) is 11.5 Å². The second-order valence-corrected chi connectivity index (χ2v) is 5.55. The lowest BCUT2D eigenvalue weighted by Crippen LogP contribution is -2.14. The summed E-state index contributed by atoms with van der Waals surface area (Å²) >= 11 is 1.13. The molecule has 0 spiro atoms. The number of hydrogen-bond acceptors (Lipinski definition) is 8. The number of methoxy groups -OCH3 is 3. The van der Waals surface area contributed by atoms with Crippen LogP contribution in [0.4, 0.5) is 0 Å². The van der Waals surface area contributed by atoms with Crippen LogP contribution in [0.5, 0.6) is 11.5 Å². The van der Waals surface area contributed by atoms with Crippen LogP contribution in [0.15, 0.2) is 27.8 Å². The molecule has 0 fully saturated rings. The van der Waals surface area contributed by atoms with E-state index in [9.17, 15) is 4.79 Å². The Bertz CT molecular complexity index is 636. The van der Waals surface area contributed by atoms with E-state index in [1.807, 2.05) is 0 Å². The van der Waals surface area contributed by atoms with E-state index in [0.717, 1.165) is 11.8 Å². The topological polar surface area (TPSA) is 83.7 Å². The molecule has 0 N–H and O–H groups in total. The van der Waals surface area contributed by atoms with Crippen LogP contribution in [0, 0.1) is 0 Å². The van der Waals surface area contributed by atoms with Crippen LogP contribution >= 0.6 is 11.8 Å². The van der Waals surface area contributed by atoms with E-state index in [1.165, 1.54) is 7.11 Å². The van der Waals surface area contributed by atoms with E-state index in [0.29, 0.717) is 23.0 Å². The monoisotopic (exact) mass is 324 g/mol. The smallest absolute Gasteiger partial charge is 0.319 e. The van der Waals surface area contributed by atoms with Gasteiger partial charge in [-0.05, 0) is 19.1 Å². The zero-order valence-electron chi connectivity index (χ0n) is 12.7.